The van der Waals surface area contributed by atoms with E-state index in [1.807, 2.05) is 42.5 Å². The average molecular weight is 411 g/mol. The molecule has 2 amide bonds. The summed E-state index contributed by atoms with van der Waals surface area (Å²) in [5.74, 6) is 0.0701. The van der Waals surface area contributed by atoms with Gasteiger partial charge in [-0.25, -0.2) is 4.68 Å². The third-order valence-electron chi connectivity index (χ3n) is 4.23. The maximum atomic E-state index is 12.7. The predicted molar refractivity (Wildman–Crippen MR) is 103 cm³/mol. The number of hydrogen-bond acceptors (Lipinski definition) is 3. The molecule has 2 aromatic carbocycles. The van der Waals surface area contributed by atoms with Gasteiger partial charge in [-0.2, -0.15) is 5.10 Å². The number of rotatable bonds is 3. The zero-order valence-electron chi connectivity index (χ0n) is 13.6. The summed E-state index contributed by atoms with van der Waals surface area (Å²) in [5, 5.41) is 10.0. The maximum Gasteiger partial charge on any atom is 0.249 e. The number of carbonyl (C=O) groups excluding carboxylic acids is 2. The van der Waals surface area contributed by atoms with Crippen molar-refractivity contribution in [2.24, 2.45) is 0 Å². The Morgan fingerprint density at radius 3 is 2.62 bits per heavy atom. The number of nitrogens with zero attached hydrogens (tertiary/aromatic N) is 2. The van der Waals surface area contributed by atoms with Crippen LogP contribution in [0.5, 0.6) is 0 Å². The summed E-state index contributed by atoms with van der Waals surface area (Å²) in [5.41, 5.74) is 2.39. The Morgan fingerprint density at radius 2 is 1.88 bits per heavy atom. The SMILES string of the molecule is O=C1CC(C(=O)Nc2ccc(Br)cc2)n2ncc(-c3ccccc3)c2N1. The van der Waals surface area contributed by atoms with Crippen LogP contribution in [0.1, 0.15) is 12.5 Å². The van der Waals surface area contributed by atoms with Gasteiger partial charge in [-0.05, 0) is 29.8 Å². The molecule has 2 N–H and O–H groups in total. The minimum atomic E-state index is -0.695. The van der Waals surface area contributed by atoms with Gasteiger partial charge in [-0.3, -0.25) is 9.59 Å². The third-order valence-corrected chi connectivity index (χ3v) is 4.76. The van der Waals surface area contributed by atoms with Crippen LogP contribution < -0.4 is 10.6 Å². The van der Waals surface area contributed by atoms with Gasteiger partial charge >= 0.3 is 0 Å². The lowest BCUT2D eigenvalue weighted by molar-refractivity contribution is -0.125. The molecule has 1 atom stereocenters. The van der Waals surface area contributed by atoms with Crippen LogP contribution in [0.3, 0.4) is 0 Å². The van der Waals surface area contributed by atoms with Gasteiger partial charge in [-0.1, -0.05) is 46.3 Å². The minimum Gasteiger partial charge on any atom is -0.324 e. The number of halogens is 1. The minimum absolute atomic E-state index is 0.0469. The molecule has 2 heterocycles. The Hall–Kier alpha value is -2.93. The van der Waals surface area contributed by atoms with Crippen LogP contribution in [0.25, 0.3) is 11.1 Å². The molecule has 1 unspecified atom stereocenters. The summed E-state index contributed by atoms with van der Waals surface area (Å²) in [6, 6.07) is 16.2. The summed E-state index contributed by atoms with van der Waals surface area (Å²) >= 11 is 3.36. The number of benzene rings is 2. The summed E-state index contributed by atoms with van der Waals surface area (Å²) in [6.07, 6.45) is 1.72. The van der Waals surface area contributed by atoms with E-state index in [-0.39, 0.29) is 18.2 Å². The fourth-order valence-corrected chi connectivity index (χ4v) is 3.22. The van der Waals surface area contributed by atoms with Crippen molar-refractivity contribution < 1.29 is 9.59 Å². The molecule has 4 rings (SSSR count). The first-order valence-corrected chi connectivity index (χ1v) is 8.90. The molecular formula is C19H15BrN4O2. The topological polar surface area (TPSA) is 76.0 Å². The Labute approximate surface area is 158 Å². The van der Waals surface area contributed by atoms with Gasteiger partial charge < -0.3 is 10.6 Å². The largest absolute Gasteiger partial charge is 0.324 e. The smallest absolute Gasteiger partial charge is 0.249 e. The number of hydrogen-bond donors (Lipinski definition) is 2. The highest BCUT2D eigenvalue weighted by molar-refractivity contribution is 9.10. The Bertz CT molecular complexity index is 967. The monoisotopic (exact) mass is 410 g/mol. The summed E-state index contributed by atoms with van der Waals surface area (Å²) < 4.78 is 2.51. The van der Waals surface area contributed by atoms with Crippen LogP contribution in [0, 0.1) is 0 Å². The summed E-state index contributed by atoms with van der Waals surface area (Å²) in [7, 11) is 0. The molecule has 0 fully saturated rings. The molecule has 130 valence electrons. The number of carbonyl (C=O) groups is 2. The lowest BCUT2D eigenvalue weighted by atomic mass is 10.1. The van der Waals surface area contributed by atoms with E-state index in [9.17, 15) is 9.59 Å². The maximum absolute atomic E-state index is 12.7. The number of fused-ring (bicyclic) bond motifs is 1. The lowest BCUT2D eigenvalue weighted by Crippen LogP contribution is -2.35. The lowest BCUT2D eigenvalue weighted by Gasteiger charge is -2.24. The molecular weight excluding hydrogens is 396 g/mol. The Balaban J connectivity index is 1.65. The van der Waals surface area contributed by atoms with E-state index in [4.69, 9.17) is 0 Å². The van der Waals surface area contributed by atoms with Crippen LogP contribution in [-0.2, 0) is 9.59 Å². The van der Waals surface area contributed by atoms with Crippen LogP contribution >= 0.6 is 15.9 Å². The first kappa shape index (κ1) is 16.5. The van der Waals surface area contributed by atoms with E-state index in [2.05, 4.69) is 31.7 Å². The van der Waals surface area contributed by atoms with Crippen molar-refractivity contribution in [3.63, 3.8) is 0 Å². The molecule has 0 aliphatic carbocycles. The molecule has 1 aromatic heterocycles. The standard InChI is InChI=1S/C19H15BrN4O2/c20-13-6-8-14(9-7-13)22-19(26)16-10-17(25)23-18-15(11-21-24(16)18)12-4-2-1-3-5-12/h1-9,11,16H,10H2,(H,22,26)(H,23,25). The molecule has 26 heavy (non-hydrogen) atoms. The van der Waals surface area contributed by atoms with Gasteiger partial charge in [0.25, 0.3) is 0 Å². The van der Waals surface area contributed by atoms with Gasteiger partial charge in [-0.15, -0.1) is 0 Å². The van der Waals surface area contributed by atoms with Crippen molar-refractivity contribution in [3.05, 3.63) is 65.3 Å². The number of nitrogens with one attached hydrogen (secondary N) is 2. The van der Waals surface area contributed by atoms with E-state index >= 15 is 0 Å². The predicted octanol–water partition coefficient (Wildman–Crippen LogP) is 3.83. The van der Waals surface area contributed by atoms with E-state index < -0.39 is 6.04 Å². The fourth-order valence-electron chi connectivity index (χ4n) is 2.96. The van der Waals surface area contributed by atoms with Crippen molar-refractivity contribution >= 4 is 39.2 Å². The highest BCUT2D eigenvalue weighted by atomic mass is 79.9. The fraction of sp³-hybridized carbons (Fsp3) is 0.105. The second-order valence-corrected chi connectivity index (χ2v) is 6.90. The van der Waals surface area contributed by atoms with Crippen molar-refractivity contribution in [1.29, 1.82) is 0 Å². The van der Waals surface area contributed by atoms with Gasteiger partial charge in [0, 0.05) is 15.7 Å². The zero-order valence-corrected chi connectivity index (χ0v) is 15.2. The molecule has 0 spiro atoms. The Kier molecular flexibility index (Phi) is 4.30. The summed E-state index contributed by atoms with van der Waals surface area (Å²) in [4.78, 5) is 24.9. The Morgan fingerprint density at radius 1 is 1.15 bits per heavy atom. The molecule has 0 radical (unpaired) electrons. The first-order valence-electron chi connectivity index (χ1n) is 8.11. The van der Waals surface area contributed by atoms with Crippen molar-refractivity contribution in [2.45, 2.75) is 12.5 Å². The first-order chi connectivity index (χ1) is 12.6. The van der Waals surface area contributed by atoms with E-state index in [1.165, 1.54) is 0 Å². The van der Waals surface area contributed by atoms with Gasteiger partial charge in [0.1, 0.15) is 11.9 Å². The molecule has 0 saturated carbocycles. The van der Waals surface area contributed by atoms with Crippen molar-refractivity contribution in [1.82, 2.24) is 9.78 Å². The quantitative estimate of drug-likeness (QED) is 0.688. The number of amides is 2. The molecule has 0 bridgehead atoms. The van der Waals surface area contributed by atoms with E-state index in [0.717, 1.165) is 15.6 Å². The van der Waals surface area contributed by atoms with Crippen molar-refractivity contribution in [2.75, 3.05) is 10.6 Å². The van der Waals surface area contributed by atoms with Crippen LogP contribution in [0.15, 0.2) is 65.3 Å². The van der Waals surface area contributed by atoms with Crippen LogP contribution in [-0.4, -0.2) is 21.6 Å². The number of aromatic nitrogens is 2. The van der Waals surface area contributed by atoms with E-state index in [1.54, 1.807) is 23.0 Å². The molecule has 7 heteroatoms. The highest BCUT2D eigenvalue weighted by Crippen LogP contribution is 2.34. The van der Waals surface area contributed by atoms with Crippen LogP contribution in [0.4, 0.5) is 11.5 Å². The second kappa shape index (κ2) is 6.76. The summed E-state index contributed by atoms with van der Waals surface area (Å²) in [6.45, 7) is 0. The average Bonchev–Trinajstić information content (AvgIpc) is 3.07. The molecule has 3 aromatic rings. The van der Waals surface area contributed by atoms with Gasteiger partial charge in [0.15, 0.2) is 0 Å². The second-order valence-electron chi connectivity index (χ2n) is 5.98. The molecule has 0 saturated heterocycles. The van der Waals surface area contributed by atoms with E-state index in [0.29, 0.717) is 11.5 Å². The van der Waals surface area contributed by atoms with Gasteiger partial charge in [0.2, 0.25) is 11.8 Å². The number of anilines is 2. The highest BCUT2D eigenvalue weighted by Gasteiger charge is 2.33. The third kappa shape index (κ3) is 3.13. The molecule has 1 aliphatic rings. The normalized spacial score (nSPS) is 15.9. The molecule has 1 aliphatic heterocycles. The zero-order chi connectivity index (χ0) is 18.1. The molecule has 6 nitrogen and oxygen atoms in total. The van der Waals surface area contributed by atoms with Gasteiger partial charge in [0.05, 0.1) is 12.6 Å². The van der Waals surface area contributed by atoms with Crippen molar-refractivity contribution in [3.8, 4) is 11.1 Å². The van der Waals surface area contributed by atoms with Crippen LogP contribution in [0.2, 0.25) is 0 Å².